The van der Waals surface area contributed by atoms with Crippen molar-refractivity contribution in [2.45, 2.75) is 6.92 Å². The van der Waals surface area contributed by atoms with Crippen LogP contribution in [0.5, 0.6) is 0 Å². The van der Waals surface area contributed by atoms with E-state index in [2.05, 4.69) is 25.9 Å². The molecular weight excluding hydrogens is 330 g/mol. The number of benzene rings is 2. The molecule has 0 bridgehead atoms. The van der Waals surface area contributed by atoms with Crippen molar-refractivity contribution in [1.29, 1.82) is 0 Å². The number of carbonyl (C=O) groups is 1. The Bertz CT molecular complexity index is 1040. The van der Waals surface area contributed by atoms with Crippen LogP contribution in [-0.2, 0) is 0 Å². The van der Waals surface area contributed by atoms with E-state index in [9.17, 15) is 4.79 Å². The molecular formula is C18H15N7O. The minimum Gasteiger partial charge on any atom is -0.322 e. The fourth-order valence-corrected chi connectivity index (χ4v) is 2.62. The molecule has 2 heterocycles. The quantitative estimate of drug-likeness (QED) is 0.613. The first-order valence-corrected chi connectivity index (χ1v) is 7.96. The summed E-state index contributed by atoms with van der Waals surface area (Å²) in [5.41, 5.74) is 3.83. The second kappa shape index (κ2) is 6.60. The van der Waals surface area contributed by atoms with Crippen LogP contribution in [0.3, 0.4) is 0 Å². The fraction of sp³-hybridized carbons (Fsp3) is 0.0556. The molecule has 4 rings (SSSR count). The van der Waals surface area contributed by atoms with Crippen molar-refractivity contribution in [1.82, 2.24) is 30.0 Å². The third-order valence-electron chi connectivity index (χ3n) is 3.94. The minimum atomic E-state index is -0.203. The van der Waals surface area contributed by atoms with Crippen LogP contribution >= 0.6 is 0 Å². The van der Waals surface area contributed by atoms with Gasteiger partial charge in [0.1, 0.15) is 6.33 Å². The molecule has 0 fully saturated rings. The molecule has 2 aromatic carbocycles. The van der Waals surface area contributed by atoms with Crippen molar-refractivity contribution in [3.05, 3.63) is 78.4 Å². The van der Waals surface area contributed by atoms with Gasteiger partial charge in [-0.3, -0.25) is 4.79 Å². The van der Waals surface area contributed by atoms with E-state index in [1.165, 1.54) is 6.33 Å². The van der Waals surface area contributed by atoms with Crippen LogP contribution < -0.4 is 5.32 Å². The fourth-order valence-electron chi connectivity index (χ4n) is 2.62. The molecule has 8 heteroatoms. The predicted octanol–water partition coefficient (Wildman–Crippen LogP) is 2.41. The van der Waals surface area contributed by atoms with E-state index in [-0.39, 0.29) is 5.91 Å². The smallest absolute Gasteiger partial charge is 0.255 e. The van der Waals surface area contributed by atoms with Crippen LogP contribution in [0.2, 0.25) is 0 Å². The number of aromatic nitrogens is 6. The minimum absolute atomic E-state index is 0.203. The predicted molar refractivity (Wildman–Crippen MR) is 95.4 cm³/mol. The monoisotopic (exact) mass is 345 g/mol. The molecule has 1 amide bonds. The standard InChI is InChI=1S/C18H15N7O/c1-13-6-7-15(11-17(13)25-12-19-22-23-25)21-18(26)14-4-2-5-16(10-14)24-9-3-8-20-24/h2-12H,1H3,(H,21,26). The van der Waals surface area contributed by atoms with Gasteiger partial charge in [0.15, 0.2) is 0 Å². The summed E-state index contributed by atoms with van der Waals surface area (Å²) in [7, 11) is 0. The lowest BCUT2D eigenvalue weighted by Gasteiger charge is -2.10. The molecule has 0 aliphatic heterocycles. The average Bonchev–Trinajstić information content (AvgIpc) is 3.37. The molecule has 2 aromatic heterocycles. The number of nitrogens with zero attached hydrogens (tertiary/aromatic N) is 6. The van der Waals surface area contributed by atoms with E-state index < -0.39 is 0 Å². The Morgan fingerprint density at radius 3 is 2.77 bits per heavy atom. The number of amides is 1. The average molecular weight is 345 g/mol. The molecule has 1 N–H and O–H groups in total. The van der Waals surface area contributed by atoms with Gasteiger partial charge in [-0.25, -0.2) is 9.36 Å². The third-order valence-corrected chi connectivity index (χ3v) is 3.94. The van der Waals surface area contributed by atoms with Gasteiger partial charge >= 0.3 is 0 Å². The highest BCUT2D eigenvalue weighted by molar-refractivity contribution is 6.04. The maximum Gasteiger partial charge on any atom is 0.255 e. The van der Waals surface area contributed by atoms with Gasteiger partial charge in [-0.05, 0) is 59.3 Å². The van der Waals surface area contributed by atoms with Crippen molar-refractivity contribution >= 4 is 11.6 Å². The van der Waals surface area contributed by atoms with Crippen molar-refractivity contribution in [2.24, 2.45) is 0 Å². The second-order valence-corrected chi connectivity index (χ2v) is 5.71. The van der Waals surface area contributed by atoms with Crippen molar-refractivity contribution in [2.75, 3.05) is 5.32 Å². The van der Waals surface area contributed by atoms with Crippen LogP contribution in [0.4, 0.5) is 5.69 Å². The molecule has 4 aromatic rings. The Morgan fingerprint density at radius 2 is 2.00 bits per heavy atom. The van der Waals surface area contributed by atoms with Crippen LogP contribution in [0.1, 0.15) is 15.9 Å². The Morgan fingerprint density at radius 1 is 1.08 bits per heavy atom. The summed E-state index contributed by atoms with van der Waals surface area (Å²) in [6.07, 6.45) is 5.04. The SMILES string of the molecule is Cc1ccc(NC(=O)c2cccc(-n3cccn3)c2)cc1-n1cnnn1. The summed E-state index contributed by atoms with van der Waals surface area (Å²) in [6, 6.07) is 14.7. The lowest BCUT2D eigenvalue weighted by Crippen LogP contribution is -2.13. The summed E-state index contributed by atoms with van der Waals surface area (Å²) in [5.74, 6) is -0.203. The molecule has 26 heavy (non-hydrogen) atoms. The summed E-state index contributed by atoms with van der Waals surface area (Å²) < 4.78 is 3.27. The zero-order chi connectivity index (χ0) is 17.9. The molecule has 0 atom stereocenters. The van der Waals surface area contributed by atoms with E-state index in [1.807, 2.05) is 49.5 Å². The highest BCUT2D eigenvalue weighted by Gasteiger charge is 2.10. The molecule has 0 aliphatic carbocycles. The maximum atomic E-state index is 12.6. The summed E-state index contributed by atoms with van der Waals surface area (Å²) in [4.78, 5) is 12.6. The molecule has 0 radical (unpaired) electrons. The van der Waals surface area contributed by atoms with Gasteiger partial charge in [-0.15, -0.1) is 5.10 Å². The molecule has 0 saturated heterocycles. The van der Waals surface area contributed by atoms with Gasteiger partial charge in [-0.2, -0.15) is 5.10 Å². The van der Waals surface area contributed by atoms with Crippen LogP contribution in [0, 0.1) is 6.92 Å². The molecule has 0 saturated carbocycles. The van der Waals surface area contributed by atoms with Crippen molar-refractivity contribution < 1.29 is 4.79 Å². The number of carbonyl (C=O) groups excluding carboxylic acids is 1. The molecule has 128 valence electrons. The highest BCUT2D eigenvalue weighted by atomic mass is 16.1. The van der Waals surface area contributed by atoms with E-state index in [0.717, 1.165) is 16.9 Å². The first-order chi connectivity index (χ1) is 12.7. The van der Waals surface area contributed by atoms with Crippen LogP contribution in [0.15, 0.2) is 67.3 Å². The lowest BCUT2D eigenvalue weighted by molar-refractivity contribution is 0.102. The molecule has 8 nitrogen and oxygen atoms in total. The number of hydrogen-bond donors (Lipinski definition) is 1. The van der Waals surface area contributed by atoms with Crippen molar-refractivity contribution in [3.63, 3.8) is 0 Å². The number of anilines is 1. The van der Waals surface area contributed by atoms with E-state index >= 15 is 0 Å². The summed E-state index contributed by atoms with van der Waals surface area (Å²) in [6.45, 7) is 1.95. The number of nitrogens with one attached hydrogen (secondary N) is 1. The Balaban J connectivity index is 1.59. The molecule has 0 aliphatic rings. The van der Waals surface area contributed by atoms with Crippen molar-refractivity contribution in [3.8, 4) is 11.4 Å². The van der Waals surface area contributed by atoms with E-state index in [1.54, 1.807) is 27.7 Å². The second-order valence-electron chi connectivity index (χ2n) is 5.71. The molecule has 0 spiro atoms. The van der Waals surface area contributed by atoms with Gasteiger partial charge in [0.2, 0.25) is 0 Å². The topological polar surface area (TPSA) is 90.5 Å². The number of rotatable bonds is 4. The van der Waals surface area contributed by atoms with Crippen LogP contribution in [-0.4, -0.2) is 35.9 Å². The number of tetrazole rings is 1. The summed E-state index contributed by atoms with van der Waals surface area (Å²) >= 11 is 0. The zero-order valence-corrected chi connectivity index (χ0v) is 13.9. The van der Waals surface area contributed by atoms with Gasteiger partial charge in [0.05, 0.1) is 11.4 Å². The lowest BCUT2D eigenvalue weighted by atomic mass is 10.1. The first kappa shape index (κ1) is 15.7. The van der Waals surface area contributed by atoms with Gasteiger partial charge in [0, 0.05) is 23.6 Å². The van der Waals surface area contributed by atoms with E-state index in [0.29, 0.717) is 11.3 Å². The number of hydrogen-bond acceptors (Lipinski definition) is 5. The first-order valence-electron chi connectivity index (χ1n) is 7.96. The van der Waals surface area contributed by atoms with Gasteiger partial charge in [0.25, 0.3) is 5.91 Å². The van der Waals surface area contributed by atoms with Crippen LogP contribution in [0.25, 0.3) is 11.4 Å². The largest absolute Gasteiger partial charge is 0.322 e. The normalized spacial score (nSPS) is 10.7. The zero-order valence-electron chi connectivity index (χ0n) is 13.9. The Labute approximate surface area is 149 Å². The van der Waals surface area contributed by atoms with E-state index in [4.69, 9.17) is 0 Å². The highest BCUT2D eigenvalue weighted by Crippen LogP contribution is 2.19. The number of aryl methyl sites for hydroxylation is 1. The molecule has 0 unspecified atom stereocenters. The summed E-state index contributed by atoms with van der Waals surface area (Å²) in [5, 5.41) is 18.3. The van der Waals surface area contributed by atoms with Gasteiger partial charge < -0.3 is 5.32 Å². The Hall–Kier alpha value is -3.81. The maximum absolute atomic E-state index is 12.6. The Kier molecular flexibility index (Phi) is 3.98. The third kappa shape index (κ3) is 3.07. The van der Waals surface area contributed by atoms with Gasteiger partial charge in [-0.1, -0.05) is 12.1 Å².